The number of ether oxygens (including phenoxy) is 1. The highest BCUT2D eigenvalue weighted by molar-refractivity contribution is 5.96. The zero-order valence-corrected chi connectivity index (χ0v) is 14.6. The number of hydrogen-bond donors (Lipinski definition) is 1. The van der Waals surface area contributed by atoms with Crippen LogP contribution in [0.3, 0.4) is 0 Å². The van der Waals surface area contributed by atoms with Gasteiger partial charge in [0.05, 0.1) is 5.69 Å². The van der Waals surface area contributed by atoms with Crippen molar-refractivity contribution < 1.29 is 18.8 Å². The molecule has 0 unspecified atom stereocenters. The quantitative estimate of drug-likeness (QED) is 0.848. The normalized spacial score (nSPS) is 10.8. The van der Waals surface area contributed by atoms with Crippen LogP contribution in [0.25, 0.3) is 0 Å². The molecule has 0 spiro atoms. The van der Waals surface area contributed by atoms with Crippen LogP contribution in [0.4, 0.5) is 5.69 Å². The summed E-state index contributed by atoms with van der Waals surface area (Å²) < 4.78 is 10.3. The van der Waals surface area contributed by atoms with Crippen LogP contribution in [-0.4, -0.2) is 23.6 Å². The van der Waals surface area contributed by atoms with Gasteiger partial charge < -0.3 is 14.6 Å². The minimum atomic E-state index is -0.603. The number of anilines is 1. The van der Waals surface area contributed by atoms with Gasteiger partial charge >= 0.3 is 5.97 Å². The van der Waals surface area contributed by atoms with Gasteiger partial charge in [-0.25, -0.2) is 4.79 Å². The number of benzene rings is 1. The van der Waals surface area contributed by atoms with Crippen molar-refractivity contribution in [2.24, 2.45) is 0 Å². The van der Waals surface area contributed by atoms with Gasteiger partial charge in [-0.2, -0.15) is 0 Å². The van der Waals surface area contributed by atoms with Crippen molar-refractivity contribution in [1.82, 2.24) is 5.16 Å². The number of esters is 1. The zero-order valence-electron chi connectivity index (χ0n) is 14.6. The Bertz CT molecular complexity index is 762. The van der Waals surface area contributed by atoms with E-state index in [1.54, 1.807) is 6.92 Å². The van der Waals surface area contributed by atoms with E-state index < -0.39 is 11.9 Å². The van der Waals surface area contributed by atoms with Crippen molar-refractivity contribution in [3.63, 3.8) is 0 Å². The van der Waals surface area contributed by atoms with Crippen LogP contribution in [0.5, 0.6) is 0 Å². The lowest BCUT2D eigenvalue weighted by Gasteiger charge is -2.11. The third kappa shape index (κ3) is 3.82. The molecule has 1 heterocycles. The van der Waals surface area contributed by atoms with Gasteiger partial charge in [0.2, 0.25) is 0 Å². The summed E-state index contributed by atoms with van der Waals surface area (Å²) in [6.45, 7) is 8.98. The van der Waals surface area contributed by atoms with Crippen LogP contribution in [-0.2, 0) is 9.53 Å². The third-order valence-electron chi connectivity index (χ3n) is 3.83. The van der Waals surface area contributed by atoms with Crippen molar-refractivity contribution in [1.29, 1.82) is 0 Å². The molecule has 1 amide bonds. The molecule has 2 rings (SSSR count). The van der Waals surface area contributed by atoms with Crippen LogP contribution >= 0.6 is 0 Å². The summed E-state index contributed by atoms with van der Waals surface area (Å²) in [5.41, 5.74) is 3.52. The monoisotopic (exact) mass is 330 g/mol. The summed E-state index contributed by atoms with van der Waals surface area (Å²) >= 11 is 0. The molecule has 6 heteroatoms. The first-order valence-electron chi connectivity index (χ1n) is 7.80. The maximum Gasteiger partial charge on any atom is 0.344 e. The Hall–Kier alpha value is -2.63. The van der Waals surface area contributed by atoms with Gasteiger partial charge in [0.15, 0.2) is 12.4 Å². The van der Waals surface area contributed by atoms with Crippen molar-refractivity contribution in [3.05, 3.63) is 46.3 Å². The number of nitrogens with zero attached hydrogens (tertiary/aromatic N) is 1. The van der Waals surface area contributed by atoms with Crippen LogP contribution in [0.1, 0.15) is 52.7 Å². The summed E-state index contributed by atoms with van der Waals surface area (Å²) in [5.74, 6) is -0.532. The molecule has 0 atom stereocenters. The fourth-order valence-electron chi connectivity index (χ4n) is 2.31. The molecule has 0 bridgehead atoms. The lowest BCUT2D eigenvalue weighted by atomic mass is 10.1. The molecule has 0 aliphatic rings. The molecule has 6 nitrogen and oxygen atoms in total. The van der Waals surface area contributed by atoms with Crippen molar-refractivity contribution in [3.8, 4) is 0 Å². The number of amides is 1. The largest absolute Gasteiger partial charge is 0.452 e. The van der Waals surface area contributed by atoms with E-state index in [4.69, 9.17) is 9.26 Å². The number of aromatic nitrogens is 1. The Balaban J connectivity index is 2.01. The number of rotatable bonds is 5. The Kier molecular flexibility index (Phi) is 5.39. The predicted molar refractivity (Wildman–Crippen MR) is 90.2 cm³/mol. The average molecular weight is 330 g/mol. The zero-order chi connectivity index (χ0) is 17.9. The van der Waals surface area contributed by atoms with E-state index in [1.165, 1.54) is 0 Å². The van der Waals surface area contributed by atoms with E-state index in [0.717, 1.165) is 11.1 Å². The van der Waals surface area contributed by atoms with E-state index in [1.807, 2.05) is 45.9 Å². The van der Waals surface area contributed by atoms with E-state index in [2.05, 4.69) is 10.5 Å². The molecular weight excluding hydrogens is 308 g/mol. The second kappa shape index (κ2) is 7.29. The molecule has 0 aliphatic heterocycles. The molecule has 0 radical (unpaired) electrons. The third-order valence-corrected chi connectivity index (χ3v) is 3.83. The number of carbonyl (C=O) groups excluding carboxylic acids is 2. The highest BCUT2D eigenvalue weighted by Crippen LogP contribution is 2.23. The summed E-state index contributed by atoms with van der Waals surface area (Å²) in [4.78, 5) is 24.3. The van der Waals surface area contributed by atoms with Crippen LogP contribution < -0.4 is 5.32 Å². The predicted octanol–water partition coefficient (Wildman–Crippen LogP) is 3.52. The topological polar surface area (TPSA) is 81.4 Å². The standard InChI is InChI=1S/C18H22N2O4/c1-10(2)17-16(13(5)20-24-17)18(22)23-9-15(21)19-14-8-6-7-11(3)12(14)4/h6-8,10H,9H2,1-5H3,(H,19,21). The van der Waals surface area contributed by atoms with Crippen molar-refractivity contribution in [2.75, 3.05) is 11.9 Å². The number of hydrogen-bond acceptors (Lipinski definition) is 5. The average Bonchev–Trinajstić information content (AvgIpc) is 2.91. The lowest BCUT2D eigenvalue weighted by Crippen LogP contribution is -2.22. The SMILES string of the molecule is Cc1cccc(NC(=O)COC(=O)c2c(C)noc2C(C)C)c1C. The smallest absolute Gasteiger partial charge is 0.344 e. The van der Waals surface area contributed by atoms with Gasteiger partial charge in [-0.15, -0.1) is 0 Å². The second-order valence-corrected chi connectivity index (χ2v) is 6.03. The highest BCUT2D eigenvalue weighted by atomic mass is 16.5. The fraction of sp³-hybridized carbons (Fsp3) is 0.389. The van der Waals surface area contributed by atoms with Gasteiger partial charge in [0, 0.05) is 11.6 Å². The fourth-order valence-corrected chi connectivity index (χ4v) is 2.31. The minimum Gasteiger partial charge on any atom is -0.452 e. The van der Waals surface area contributed by atoms with Crippen LogP contribution in [0, 0.1) is 20.8 Å². The lowest BCUT2D eigenvalue weighted by molar-refractivity contribution is -0.119. The van der Waals surface area contributed by atoms with E-state index >= 15 is 0 Å². The molecule has 2 aromatic rings. The van der Waals surface area contributed by atoms with E-state index in [0.29, 0.717) is 22.7 Å². The van der Waals surface area contributed by atoms with Gasteiger partial charge in [-0.1, -0.05) is 31.1 Å². The molecule has 1 aromatic carbocycles. The molecule has 24 heavy (non-hydrogen) atoms. The molecule has 1 aromatic heterocycles. The molecule has 0 saturated heterocycles. The van der Waals surface area contributed by atoms with Gasteiger partial charge in [-0.05, 0) is 38.0 Å². The Morgan fingerprint density at radius 3 is 2.62 bits per heavy atom. The molecular formula is C18H22N2O4. The number of carbonyl (C=O) groups is 2. The number of nitrogens with one attached hydrogen (secondary N) is 1. The van der Waals surface area contributed by atoms with Gasteiger partial charge in [0.25, 0.3) is 5.91 Å². The number of aryl methyl sites for hydroxylation is 2. The summed E-state index contributed by atoms with van der Waals surface area (Å²) in [6, 6.07) is 5.63. The first kappa shape index (κ1) is 17.7. The molecule has 0 fully saturated rings. The second-order valence-electron chi connectivity index (χ2n) is 6.03. The Labute approximate surface area is 141 Å². The summed E-state index contributed by atoms with van der Waals surface area (Å²) in [6.07, 6.45) is 0. The molecule has 1 N–H and O–H groups in total. The van der Waals surface area contributed by atoms with Crippen LogP contribution in [0.15, 0.2) is 22.7 Å². The maximum absolute atomic E-state index is 12.2. The molecule has 128 valence electrons. The highest BCUT2D eigenvalue weighted by Gasteiger charge is 2.24. The van der Waals surface area contributed by atoms with E-state index in [9.17, 15) is 9.59 Å². The summed E-state index contributed by atoms with van der Waals surface area (Å²) in [5, 5.41) is 6.55. The first-order valence-corrected chi connectivity index (χ1v) is 7.80. The minimum absolute atomic E-state index is 0.00230. The van der Waals surface area contributed by atoms with Gasteiger partial charge in [0.1, 0.15) is 5.56 Å². The van der Waals surface area contributed by atoms with E-state index in [-0.39, 0.29) is 12.5 Å². The molecule has 0 aliphatic carbocycles. The van der Waals surface area contributed by atoms with Gasteiger partial charge in [-0.3, -0.25) is 4.79 Å². The van der Waals surface area contributed by atoms with Crippen molar-refractivity contribution in [2.45, 2.75) is 40.5 Å². The van der Waals surface area contributed by atoms with Crippen molar-refractivity contribution >= 4 is 17.6 Å². The Morgan fingerprint density at radius 2 is 1.96 bits per heavy atom. The van der Waals surface area contributed by atoms with Crippen LogP contribution in [0.2, 0.25) is 0 Å². The first-order chi connectivity index (χ1) is 11.3. The summed E-state index contributed by atoms with van der Waals surface area (Å²) in [7, 11) is 0. The molecule has 0 saturated carbocycles. The maximum atomic E-state index is 12.2. The Morgan fingerprint density at radius 1 is 1.25 bits per heavy atom.